The molecule has 0 spiro atoms. The molecule has 0 N–H and O–H groups in total. The van der Waals surface area contributed by atoms with Crippen LogP contribution < -0.4 is 9.79 Å². The van der Waals surface area contributed by atoms with Gasteiger partial charge in [-0.1, -0.05) is 144 Å². The van der Waals surface area contributed by atoms with E-state index in [1.165, 1.54) is 135 Å². The van der Waals surface area contributed by atoms with Gasteiger partial charge in [0.2, 0.25) is 0 Å². The molecule has 0 aliphatic heterocycles. The first-order valence-corrected chi connectivity index (χ1v) is 20.2. The lowest BCUT2D eigenvalue weighted by Crippen LogP contribution is -2.37. The van der Waals surface area contributed by atoms with Crippen LogP contribution in [0, 0.1) is 0 Å². The van der Waals surface area contributed by atoms with Crippen molar-refractivity contribution >= 4 is 7.60 Å². The highest BCUT2D eigenvalue weighted by Crippen LogP contribution is 2.20. The van der Waals surface area contributed by atoms with E-state index in [2.05, 4.69) is 56.1 Å². The third kappa shape index (κ3) is 57.6. The number of likely N-dealkylation sites (N-methyl/N-ethyl adjacent to an activating group) is 2. The van der Waals surface area contributed by atoms with Crippen molar-refractivity contribution in [1.29, 1.82) is 0 Å². The van der Waals surface area contributed by atoms with Crippen molar-refractivity contribution in [3.63, 3.8) is 0 Å². The van der Waals surface area contributed by atoms with Gasteiger partial charge in [-0.3, -0.25) is 0 Å². The summed E-state index contributed by atoms with van der Waals surface area (Å²) in [4.78, 5) is 18.9. The second kappa shape index (κ2) is 34.3. The van der Waals surface area contributed by atoms with Gasteiger partial charge in [0.05, 0.1) is 55.5 Å². The lowest BCUT2D eigenvalue weighted by Gasteiger charge is -2.26. The summed E-state index contributed by atoms with van der Waals surface area (Å²) >= 11 is 0. The van der Waals surface area contributed by atoms with E-state index < -0.39 is 7.60 Å². The third-order valence-corrected chi connectivity index (χ3v) is 8.26. The van der Waals surface area contributed by atoms with Gasteiger partial charge in [0.15, 0.2) is 0 Å². The number of quaternary nitrogens is 2. The van der Waals surface area contributed by atoms with Crippen molar-refractivity contribution in [3.8, 4) is 0 Å². The number of hydrogen-bond donors (Lipinski definition) is 0. The Morgan fingerprint density at radius 1 is 0.432 bits per heavy atom. The number of hydrogen-bond acceptors (Lipinski definition) is 5. The molecule has 44 heavy (non-hydrogen) atoms. The summed E-state index contributed by atoms with van der Waals surface area (Å²) in [5.41, 5.74) is 0. The van der Waals surface area contributed by atoms with E-state index in [1.807, 2.05) is 0 Å². The normalized spacial score (nSPS) is 12.0. The van der Waals surface area contributed by atoms with E-state index in [1.54, 1.807) is 0 Å². The highest BCUT2D eigenvalue weighted by Gasteiger charge is 2.06. The number of rotatable bonds is 29. The van der Waals surface area contributed by atoms with Crippen molar-refractivity contribution in [2.75, 3.05) is 88.0 Å². The van der Waals surface area contributed by atoms with E-state index in [4.69, 9.17) is 9.47 Å². The molecule has 270 valence electrons. The van der Waals surface area contributed by atoms with Crippen molar-refractivity contribution in [1.82, 2.24) is 0 Å². The first-order chi connectivity index (χ1) is 20.7. The minimum atomic E-state index is -4.15. The van der Waals surface area contributed by atoms with Gasteiger partial charge in [-0.05, 0) is 19.0 Å². The summed E-state index contributed by atoms with van der Waals surface area (Å²) in [7, 11) is 9.13. The van der Waals surface area contributed by atoms with Crippen LogP contribution in [0.5, 0.6) is 0 Å². The molecule has 0 bridgehead atoms. The van der Waals surface area contributed by atoms with E-state index in [9.17, 15) is 14.4 Å². The van der Waals surface area contributed by atoms with Gasteiger partial charge in [0.1, 0.15) is 13.1 Å². The van der Waals surface area contributed by atoms with Crippen LogP contribution in [0.15, 0.2) is 0 Å². The molecule has 0 aliphatic carbocycles. The second-order valence-corrected chi connectivity index (χ2v) is 16.4. The summed E-state index contributed by atoms with van der Waals surface area (Å²) in [6, 6.07) is 0. The molecule has 0 atom stereocenters. The first-order valence-electron chi connectivity index (χ1n) is 18.5. The fourth-order valence-corrected chi connectivity index (χ4v) is 4.26. The van der Waals surface area contributed by atoms with Crippen LogP contribution in [0.3, 0.4) is 0 Å². The Kier molecular flexibility index (Phi) is 37.8. The van der Waals surface area contributed by atoms with Crippen LogP contribution in [0.1, 0.15) is 149 Å². The molecule has 8 heteroatoms. The summed E-state index contributed by atoms with van der Waals surface area (Å²) in [5.74, 6) is 0. The molecule has 0 saturated heterocycles. The van der Waals surface area contributed by atoms with Crippen LogP contribution in [0.25, 0.3) is 0 Å². The summed E-state index contributed by atoms with van der Waals surface area (Å²) < 4.78 is 22.8. The molecule has 0 aromatic heterocycles. The zero-order valence-electron chi connectivity index (χ0n) is 31.5. The van der Waals surface area contributed by atoms with Gasteiger partial charge in [-0.25, -0.2) is 0 Å². The van der Waals surface area contributed by atoms with Crippen LogP contribution in [-0.2, 0) is 14.0 Å². The zero-order chi connectivity index (χ0) is 34.0. The molecule has 0 amide bonds. The monoisotopic (exact) mass is 653 g/mol. The zero-order valence-corrected chi connectivity index (χ0v) is 32.4. The molecular weight excluding hydrogens is 571 g/mol. The second-order valence-electron chi connectivity index (χ2n) is 14.5. The maximum absolute atomic E-state index is 9.47. The lowest BCUT2D eigenvalue weighted by atomic mass is 10.1. The Hall–Kier alpha value is -0.0100. The quantitative estimate of drug-likeness (QED) is 0.0463. The lowest BCUT2D eigenvalue weighted by molar-refractivity contribution is -0.870. The maximum Gasteiger partial charge on any atom is 0.102 e. The average molecular weight is 653 g/mol. The van der Waals surface area contributed by atoms with E-state index >= 15 is 0 Å². The van der Waals surface area contributed by atoms with Crippen molar-refractivity contribution in [2.45, 2.75) is 149 Å². The Morgan fingerprint density at radius 3 is 0.864 bits per heavy atom. The van der Waals surface area contributed by atoms with Gasteiger partial charge in [0, 0.05) is 13.2 Å². The number of unbranched alkanes of at least 4 members (excludes halogenated alkanes) is 18. The predicted octanol–water partition coefficient (Wildman–Crippen LogP) is 8.18. The minimum Gasteiger partial charge on any atom is -0.811 e. The molecule has 0 aromatic carbocycles. The average Bonchev–Trinajstić information content (AvgIpc) is 2.93. The van der Waals surface area contributed by atoms with Crippen LogP contribution in [0.2, 0.25) is 0 Å². The van der Waals surface area contributed by atoms with Crippen LogP contribution in [0.4, 0.5) is 0 Å². The summed E-state index contributed by atoms with van der Waals surface area (Å²) in [5, 5.41) is 0. The third-order valence-electron chi connectivity index (χ3n) is 7.48. The molecule has 0 heterocycles. The fraction of sp³-hybridized carbons (Fsp3) is 1.00. The van der Waals surface area contributed by atoms with Gasteiger partial charge in [-0.2, -0.15) is 0 Å². The van der Waals surface area contributed by atoms with Gasteiger partial charge >= 0.3 is 0 Å². The fourth-order valence-electron chi connectivity index (χ4n) is 4.26. The Labute approximate surface area is 277 Å². The van der Waals surface area contributed by atoms with Crippen molar-refractivity contribution < 1.29 is 32.8 Å². The largest absolute Gasteiger partial charge is 0.811 e. The molecule has 0 aliphatic rings. The summed E-state index contributed by atoms with van der Waals surface area (Å²) in [6.07, 6.45) is 27.6. The predicted molar refractivity (Wildman–Crippen MR) is 189 cm³/mol. The first kappa shape index (κ1) is 48.4. The molecular formula is C36H81N2O5P. The Bertz CT molecular complexity index is 548. The van der Waals surface area contributed by atoms with E-state index in [-0.39, 0.29) is 6.16 Å². The van der Waals surface area contributed by atoms with Crippen molar-refractivity contribution in [3.05, 3.63) is 0 Å². The van der Waals surface area contributed by atoms with E-state index in [0.717, 1.165) is 48.5 Å². The van der Waals surface area contributed by atoms with Gasteiger partial charge in [0.25, 0.3) is 0 Å². The smallest absolute Gasteiger partial charge is 0.102 e. The molecule has 0 unspecified atom stereocenters. The topological polar surface area (TPSA) is 81.7 Å². The van der Waals surface area contributed by atoms with Crippen molar-refractivity contribution in [2.24, 2.45) is 0 Å². The standard InChI is InChI=1S/2C17H38NO.C2H7O3P/c2*1-5-6-7-8-9-10-11-12-13-14-16-19-17-15-18(2,3)4;1-2-6(3,4)5/h2*5-17H2,1-4H3;2H2,1H3,(H2,3,4,5)/q2*+1;/p-2. The van der Waals surface area contributed by atoms with E-state index in [0.29, 0.717) is 0 Å². The molecule has 0 fully saturated rings. The van der Waals surface area contributed by atoms with Gasteiger partial charge < -0.3 is 32.8 Å². The maximum atomic E-state index is 9.47. The van der Waals surface area contributed by atoms with Gasteiger partial charge in [-0.15, -0.1) is 0 Å². The molecule has 7 nitrogen and oxygen atoms in total. The molecule has 0 saturated carbocycles. The SMILES string of the molecule is CCCCCCCCCCCCOCC[N+](C)(C)C.CCCCCCCCCCCCOCC[N+](C)(C)C.CCP(=O)([O-])[O-]. The molecule has 0 aromatic rings. The molecule has 0 radical (unpaired) electrons. The Balaban J connectivity index is -0.000000644. The Morgan fingerprint density at radius 2 is 0.659 bits per heavy atom. The number of nitrogens with zero attached hydrogens (tertiary/aromatic N) is 2. The van der Waals surface area contributed by atoms with Crippen LogP contribution >= 0.6 is 7.60 Å². The number of ether oxygens (including phenoxy) is 2. The highest BCUT2D eigenvalue weighted by molar-refractivity contribution is 7.48. The summed E-state index contributed by atoms with van der Waals surface area (Å²) in [6.45, 7) is 11.8. The van der Waals surface area contributed by atoms with Crippen LogP contribution in [-0.4, -0.2) is 96.9 Å². The molecule has 0 rings (SSSR count). The highest BCUT2D eigenvalue weighted by atomic mass is 31.2. The minimum absolute atomic E-state index is 0.285.